The van der Waals surface area contributed by atoms with Gasteiger partial charge in [-0.1, -0.05) is 12.1 Å². The fraction of sp³-hybridized carbons (Fsp3) is 0.296. The lowest BCUT2D eigenvalue weighted by atomic mass is 9.82. The minimum absolute atomic E-state index is 0.278. The quantitative estimate of drug-likeness (QED) is 0.311. The zero-order valence-corrected chi connectivity index (χ0v) is 22.1. The monoisotopic (exact) mass is 542 g/mol. The molecular weight excluding hydrogens is 515 g/mol. The standard InChI is InChI=1S/C27H27FN10O2/c1-15-10-21(32-22-11-16(2)35-36-22)33-24(31-15)18-6-8-27(9-7-18)25(39)38(26(40)34-27)17(3)19-4-5-23(29-12-19)37-14-20(28)13-30-37/h4-6,10-14,17H,7-9H2,1-3H3,(H,34,40)(H2,31,32,33,35,36). The summed E-state index contributed by atoms with van der Waals surface area (Å²) in [6.45, 7) is 5.59. The van der Waals surface area contributed by atoms with E-state index in [4.69, 9.17) is 0 Å². The van der Waals surface area contributed by atoms with Crippen LogP contribution in [0.4, 0.5) is 20.8 Å². The third-order valence-electron chi connectivity index (χ3n) is 7.24. The van der Waals surface area contributed by atoms with E-state index in [1.54, 1.807) is 25.3 Å². The molecule has 0 radical (unpaired) electrons. The van der Waals surface area contributed by atoms with Gasteiger partial charge in [0.25, 0.3) is 5.91 Å². The highest BCUT2D eigenvalue weighted by Crippen LogP contribution is 2.38. The zero-order chi connectivity index (χ0) is 28.0. The lowest BCUT2D eigenvalue weighted by molar-refractivity contribution is -0.133. The average molecular weight is 543 g/mol. The molecule has 2 unspecified atom stereocenters. The predicted molar refractivity (Wildman–Crippen MR) is 143 cm³/mol. The van der Waals surface area contributed by atoms with Crippen LogP contribution >= 0.6 is 0 Å². The van der Waals surface area contributed by atoms with Gasteiger partial charge in [-0.25, -0.2) is 28.8 Å². The highest BCUT2D eigenvalue weighted by molar-refractivity contribution is 6.07. The molecule has 6 rings (SSSR count). The van der Waals surface area contributed by atoms with Gasteiger partial charge in [0.1, 0.15) is 11.4 Å². The van der Waals surface area contributed by atoms with E-state index in [9.17, 15) is 14.0 Å². The first-order valence-electron chi connectivity index (χ1n) is 12.9. The van der Waals surface area contributed by atoms with Crippen molar-refractivity contribution >= 4 is 29.1 Å². The van der Waals surface area contributed by atoms with Crippen LogP contribution < -0.4 is 10.6 Å². The Balaban J connectivity index is 1.18. The van der Waals surface area contributed by atoms with E-state index >= 15 is 0 Å². The smallest absolute Gasteiger partial charge is 0.323 e. The molecule has 13 heteroatoms. The SMILES string of the molecule is Cc1cc(Nc2cc(C)[nH]n2)nc(C2=CCC3(CC2)NC(=O)N(C(C)c2ccc(-n4cc(F)cn4)nc2)C3=O)n1. The topological polar surface area (TPSA) is 147 Å². The number of pyridine rings is 1. The molecule has 40 heavy (non-hydrogen) atoms. The number of hydrogen-bond acceptors (Lipinski definition) is 8. The van der Waals surface area contributed by atoms with Gasteiger partial charge in [-0.15, -0.1) is 0 Å². The maximum atomic E-state index is 13.6. The van der Waals surface area contributed by atoms with Gasteiger partial charge in [-0.2, -0.15) is 10.2 Å². The van der Waals surface area contributed by atoms with Gasteiger partial charge in [-0.3, -0.25) is 14.8 Å². The zero-order valence-electron chi connectivity index (χ0n) is 22.1. The second-order valence-corrected chi connectivity index (χ2v) is 10.1. The minimum atomic E-state index is -1.02. The van der Waals surface area contributed by atoms with Crippen LogP contribution in [0, 0.1) is 19.7 Å². The van der Waals surface area contributed by atoms with E-state index in [1.807, 2.05) is 32.1 Å². The number of carbonyl (C=O) groups is 2. The molecule has 3 amide bonds. The van der Waals surface area contributed by atoms with Crippen LogP contribution in [-0.4, -0.2) is 57.3 Å². The molecule has 2 aliphatic rings. The lowest BCUT2D eigenvalue weighted by Crippen LogP contribution is -2.48. The fourth-order valence-electron chi connectivity index (χ4n) is 5.10. The normalized spacial score (nSPS) is 19.6. The number of aromatic nitrogens is 7. The Bertz CT molecular complexity index is 1640. The summed E-state index contributed by atoms with van der Waals surface area (Å²) in [6.07, 6.45) is 7.09. The Labute approximate surface area is 228 Å². The summed E-state index contributed by atoms with van der Waals surface area (Å²) in [5.74, 6) is 1.54. The van der Waals surface area contributed by atoms with Gasteiger partial charge in [0.2, 0.25) is 0 Å². The Morgan fingerprint density at radius 3 is 2.62 bits per heavy atom. The summed E-state index contributed by atoms with van der Waals surface area (Å²) >= 11 is 0. The number of allylic oxidation sites excluding steroid dienone is 1. The Kier molecular flexibility index (Phi) is 6.12. The summed E-state index contributed by atoms with van der Waals surface area (Å²) in [4.78, 5) is 41.5. The number of halogens is 1. The van der Waals surface area contributed by atoms with Gasteiger partial charge >= 0.3 is 6.03 Å². The largest absolute Gasteiger partial charge is 0.325 e. The molecule has 3 N–H and O–H groups in total. The number of nitrogens with one attached hydrogen (secondary N) is 3. The van der Waals surface area contributed by atoms with Crippen LogP contribution in [0.15, 0.2) is 48.9 Å². The van der Waals surface area contributed by atoms with Crippen molar-refractivity contribution in [2.45, 2.75) is 51.6 Å². The molecule has 4 aromatic rings. The Morgan fingerprint density at radius 1 is 1.12 bits per heavy atom. The summed E-state index contributed by atoms with van der Waals surface area (Å²) < 4.78 is 14.6. The summed E-state index contributed by atoms with van der Waals surface area (Å²) in [5, 5.41) is 17.1. The molecule has 12 nitrogen and oxygen atoms in total. The number of rotatable bonds is 6. The highest BCUT2D eigenvalue weighted by atomic mass is 19.1. The van der Waals surface area contributed by atoms with Gasteiger partial charge in [0.05, 0.1) is 18.4 Å². The second-order valence-electron chi connectivity index (χ2n) is 10.1. The van der Waals surface area contributed by atoms with Gasteiger partial charge in [-0.05, 0) is 57.2 Å². The van der Waals surface area contributed by atoms with E-state index in [0.29, 0.717) is 48.1 Å². The fourth-order valence-corrected chi connectivity index (χ4v) is 5.10. The van der Waals surface area contributed by atoms with Crippen molar-refractivity contribution in [1.29, 1.82) is 0 Å². The first-order valence-corrected chi connectivity index (χ1v) is 12.9. The molecule has 5 heterocycles. The summed E-state index contributed by atoms with van der Waals surface area (Å²) in [6, 6.07) is 6.15. The third kappa shape index (κ3) is 4.59. The number of nitrogens with zero attached hydrogens (tertiary/aromatic N) is 7. The maximum absolute atomic E-state index is 13.6. The number of hydrogen-bond donors (Lipinski definition) is 3. The number of aryl methyl sites for hydroxylation is 2. The van der Waals surface area contributed by atoms with Crippen molar-refractivity contribution in [2.24, 2.45) is 0 Å². The van der Waals surface area contributed by atoms with Crippen molar-refractivity contribution in [2.75, 3.05) is 5.32 Å². The molecular formula is C27H27FN10O2. The first-order chi connectivity index (χ1) is 19.2. The molecule has 204 valence electrons. The molecule has 1 aliphatic heterocycles. The molecule has 0 saturated carbocycles. The van der Waals surface area contributed by atoms with Crippen LogP contribution in [0.5, 0.6) is 0 Å². The number of carbonyl (C=O) groups excluding carboxylic acids is 2. The number of anilines is 2. The van der Waals surface area contributed by atoms with Crippen LogP contribution in [0.2, 0.25) is 0 Å². The average Bonchev–Trinajstić information content (AvgIpc) is 3.61. The molecule has 0 bridgehead atoms. The van der Waals surface area contributed by atoms with Crippen LogP contribution in [0.3, 0.4) is 0 Å². The molecule has 1 saturated heterocycles. The van der Waals surface area contributed by atoms with Gasteiger partial charge in [0.15, 0.2) is 23.3 Å². The molecule has 1 fully saturated rings. The minimum Gasteiger partial charge on any atom is -0.323 e. The van der Waals surface area contributed by atoms with E-state index in [2.05, 4.69) is 40.9 Å². The Morgan fingerprint density at radius 2 is 1.98 bits per heavy atom. The molecule has 1 spiro atoms. The first kappa shape index (κ1) is 25.3. The van der Waals surface area contributed by atoms with Crippen LogP contribution in [0.25, 0.3) is 11.4 Å². The van der Waals surface area contributed by atoms with Gasteiger partial charge < -0.3 is 10.6 Å². The Hall–Kier alpha value is -4.94. The van der Waals surface area contributed by atoms with Crippen molar-refractivity contribution in [3.63, 3.8) is 0 Å². The van der Waals surface area contributed by atoms with E-state index in [-0.39, 0.29) is 5.91 Å². The molecule has 1 aliphatic carbocycles. The second kappa shape index (κ2) is 9.67. The lowest BCUT2D eigenvalue weighted by Gasteiger charge is -2.30. The van der Waals surface area contributed by atoms with Crippen molar-refractivity contribution < 1.29 is 14.0 Å². The van der Waals surface area contributed by atoms with E-state index < -0.39 is 23.4 Å². The number of amides is 3. The number of aromatic amines is 1. The number of urea groups is 1. The van der Waals surface area contributed by atoms with Crippen LogP contribution in [0.1, 0.15) is 55.0 Å². The summed E-state index contributed by atoms with van der Waals surface area (Å²) in [7, 11) is 0. The van der Waals surface area contributed by atoms with E-state index in [0.717, 1.165) is 23.2 Å². The van der Waals surface area contributed by atoms with E-state index in [1.165, 1.54) is 15.8 Å². The predicted octanol–water partition coefficient (Wildman–Crippen LogP) is 3.90. The number of H-pyrrole nitrogens is 1. The van der Waals surface area contributed by atoms with Crippen molar-refractivity contribution in [3.05, 3.63) is 77.5 Å². The maximum Gasteiger partial charge on any atom is 0.325 e. The molecule has 4 aromatic heterocycles. The highest BCUT2D eigenvalue weighted by Gasteiger charge is 2.53. The third-order valence-corrected chi connectivity index (χ3v) is 7.24. The van der Waals surface area contributed by atoms with Gasteiger partial charge in [0, 0.05) is 29.7 Å². The number of imide groups is 1. The van der Waals surface area contributed by atoms with Crippen LogP contribution in [-0.2, 0) is 4.79 Å². The molecule has 2 atom stereocenters. The molecule has 0 aromatic carbocycles. The van der Waals surface area contributed by atoms with Crippen molar-refractivity contribution in [1.82, 2.24) is 45.1 Å². The summed E-state index contributed by atoms with van der Waals surface area (Å²) in [5.41, 5.74) is 2.29. The van der Waals surface area contributed by atoms with Crippen molar-refractivity contribution in [3.8, 4) is 5.82 Å².